The van der Waals surface area contributed by atoms with Crippen molar-refractivity contribution in [3.05, 3.63) is 46.4 Å². The summed E-state index contributed by atoms with van der Waals surface area (Å²) in [5.41, 5.74) is 1.94. The van der Waals surface area contributed by atoms with Gasteiger partial charge in [0.05, 0.1) is 5.52 Å². The normalized spacial score (nSPS) is 12.6. The molecule has 0 unspecified atom stereocenters. The summed E-state index contributed by atoms with van der Waals surface area (Å²) in [6.07, 6.45) is 1.38. The van der Waals surface area contributed by atoms with Gasteiger partial charge >= 0.3 is 0 Å². The van der Waals surface area contributed by atoms with Gasteiger partial charge in [0.2, 0.25) is 5.91 Å². The molecule has 2 aromatic heterocycles. The highest BCUT2D eigenvalue weighted by Crippen LogP contribution is 2.26. The fourth-order valence-corrected chi connectivity index (χ4v) is 3.33. The average molecular weight is 356 g/mol. The molecule has 1 atom stereocenters. The summed E-state index contributed by atoms with van der Waals surface area (Å²) in [6, 6.07) is 8.81. The van der Waals surface area contributed by atoms with Gasteiger partial charge in [-0.15, -0.1) is 0 Å². The number of carbonyl (C=O) groups excluding carboxylic acids is 1. The summed E-state index contributed by atoms with van der Waals surface area (Å²) in [5.74, 6) is -0.0515. The number of rotatable bonds is 7. The van der Waals surface area contributed by atoms with E-state index in [1.54, 1.807) is 7.11 Å². The number of carbonyl (C=O) groups is 1. The van der Waals surface area contributed by atoms with Crippen molar-refractivity contribution in [3.8, 4) is 0 Å². The van der Waals surface area contributed by atoms with Gasteiger partial charge in [-0.2, -0.15) is 4.98 Å². The van der Waals surface area contributed by atoms with Crippen LogP contribution in [0.1, 0.15) is 31.5 Å². The predicted octanol–water partition coefficient (Wildman–Crippen LogP) is 2.06. The van der Waals surface area contributed by atoms with Crippen LogP contribution < -0.4 is 10.9 Å². The lowest BCUT2D eigenvalue weighted by Gasteiger charge is -2.20. The first kappa shape index (κ1) is 18.1. The fraction of sp³-hybridized carbons (Fsp3) is 0.421. The van der Waals surface area contributed by atoms with E-state index in [4.69, 9.17) is 4.74 Å². The van der Waals surface area contributed by atoms with Gasteiger partial charge in [0.1, 0.15) is 6.04 Å². The number of nitrogens with zero attached hydrogens (tertiary/aromatic N) is 3. The molecule has 1 aromatic carbocycles. The molecule has 0 aliphatic carbocycles. The first-order chi connectivity index (χ1) is 12.6. The molecular formula is C19H24N4O3. The number of amides is 1. The summed E-state index contributed by atoms with van der Waals surface area (Å²) < 4.78 is 8.84. The first-order valence-electron chi connectivity index (χ1n) is 8.84. The molecule has 0 bridgehead atoms. The van der Waals surface area contributed by atoms with Crippen LogP contribution in [0.2, 0.25) is 0 Å². The molecule has 0 aliphatic rings. The van der Waals surface area contributed by atoms with Gasteiger partial charge in [-0.1, -0.05) is 19.1 Å². The van der Waals surface area contributed by atoms with Gasteiger partial charge < -0.3 is 10.1 Å². The van der Waals surface area contributed by atoms with Gasteiger partial charge in [0.25, 0.3) is 5.56 Å². The summed E-state index contributed by atoms with van der Waals surface area (Å²) in [5, 5.41) is 3.84. The molecule has 7 nitrogen and oxygen atoms in total. The van der Waals surface area contributed by atoms with E-state index >= 15 is 0 Å². The molecule has 138 valence electrons. The Morgan fingerprint density at radius 3 is 2.85 bits per heavy atom. The van der Waals surface area contributed by atoms with Crippen LogP contribution in [0.5, 0.6) is 0 Å². The zero-order chi connectivity index (χ0) is 18.7. The van der Waals surface area contributed by atoms with Crippen LogP contribution in [0.25, 0.3) is 16.6 Å². The van der Waals surface area contributed by atoms with Crippen molar-refractivity contribution in [3.63, 3.8) is 0 Å². The van der Waals surface area contributed by atoms with Gasteiger partial charge in [0, 0.05) is 37.4 Å². The van der Waals surface area contributed by atoms with Gasteiger partial charge in [-0.25, -0.2) is 4.52 Å². The zero-order valence-electron chi connectivity index (χ0n) is 15.4. The topological polar surface area (TPSA) is 77.6 Å². The quantitative estimate of drug-likeness (QED) is 0.658. The molecule has 1 N–H and O–H groups in total. The maximum absolute atomic E-state index is 12.8. The van der Waals surface area contributed by atoms with E-state index in [0.717, 1.165) is 23.0 Å². The molecule has 3 rings (SSSR count). The molecule has 0 saturated heterocycles. The third-order valence-electron chi connectivity index (χ3n) is 4.50. The number of ether oxygens (including phenoxy) is 1. The van der Waals surface area contributed by atoms with E-state index in [-0.39, 0.29) is 11.5 Å². The standard InChI is InChI=1S/C19H24N4O3/c1-4-15(19(25)20-10-7-11-26-3)23-16-9-6-5-8-14(16)18-21-17(24)12-13(2)22(18)23/h5-6,8-9,12,15H,4,7,10-11H2,1-3H3,(H,20,25)/t15-/m0/s1. The molecule has 0 aliphatic heterocycles. The molecule has 26 heavy (non-hydrogen) atoms. The number of nitrogens with one attached hydrogen (secondary N) is 1. The third kappa shape index (κ3) is 3.22. The molecule has 2 heterocycles. The van der Waals surface area contributed by atoms with Crippen molar-refractivity contribution < 1.29 is 9.53 Å². The number of aryl methyl sites for hydroxylation is 1. The second kappa shape index (κ2) is 7.70. The predicted molar refractivity (Wildman–Crippen MR) is 101 cm³/mol. The summed E-state index contributed by atoms with van der Waals surface area (Å²) in [7, 11) is 1.64. The lowest BCUT2D eigenvalue weighted by Crippen LogP contribution is -2.35. The SMILES string of the molecule is CC[C@@H](C(=O)NCCCOC)n1c2ccccc2c2nc(=O)cc(C)n21. The lowest BCUT2D eigenvalue weighted by atomic mass is 10.2. The Hall–Kier alpha value is -2.67. The Labute approximate surface area is 151 Å². The molecule has 0 fully saturated rings. The summed E-state index contributed by atoms with van der Waals surface area (Å²) >= 11 is 0. The number of para-hydroxylation sites is 1. The Bertz CT molecular complexity index is 990. The Morgan fingerprint density at radius 2 is 2.12 bits per heavy atom. The Morgan fingerprint density at radius 1 is 1.35 bits per heavy atom. The Balaban J connectivity index is 2.12. The minimum Gasteiger partial charge on any atom is -0.385 e. The van der Waals surface area contributed by atoms with Crippen LogP contribution in [-0.2, 0) is 9.53 Å². The van der Waals surface area contributed by atoms with Crippen molar-refractivity contribution >= 4 is 22.5 Å². The minimum atomic E-state index is -0.400. The highest BCUT2D eigenvalue weighted by molar-refractivity contribution is 5.94. The number of aromatic nitrogens is 3. The number of hydrogen-bond acceptors (Lipinski definition) is 4. The molecule has 0 radical (unpaired) electrons. The third-order valence-corrected chi connectivity index (χ3v) is 4.50. The van der Waals surface area contributed by atoms with Crippen molar-refractivity contribution in [1.82, 2.24) is 19.5 Å². The van der Waals surface area contributed by atoms with E-state index in [0.29, 0.717) is 25.2 Å². The second-order valence-corrected chi connectivity index (χ2v) is 6.29. The molecular weight excluding hydrogens is 332 g/mol. The summed E-state index contributed by atoms with van der Waals surface area (Å²) in [4.78, 5) is 28.9. The largest absolute Gasteiger partial charge is 0.385 e. The van der Waals surface area contributed by atoms with Crippen molar-refractivity contribution in [1.29, 1.82) is 0 Å². The van der Waals surface area contributed by atoms with Crippen molar-refractivity contribution in [2.24, 2.45) is 0 Å². The second-order valence-electron chi connectivity index (χ2n) is 6.29. The summed E-state index contributed by atoms with van der Waals surface area (Å²) in [6.45, 7) is 5.00. The van der Waals surface area contributed by atoms with E-state index in [1.807, 2.05) is 47.3 Å². The van der Waals surface area contributed by atoms with Crippen LogP contribution in [0.3, 0.4) is 0 Å². The highest BCUT2D eigenvalue weighted by Gasteiger charge is 2.24. The fourth-order valence-electron chi connectivity index (χ4n) is 3.33. The Kier molecular flexibility index (Phi) is 5.37. The van der Waals surface area contributed by atoms with Gasteiger partial charge in [0.15, 0.2) is 5.65 Å². The van der Waals surface area contributed by atoms with E-state index in [9.17, 15) is 9.59 Å². The van der Waals surface area contributed by atoms with Crippen LogP contribution in [0, 0.1) is 6.92 Å². The molecule has 1 amide bonds. The molecule has 7 heteroatoms. The first-order valence-corrected chi connectivity index (χ1v) is 8.84. The van der Waals surface area contributed by atoms with E-state index in [1.165, 1.54) is 6.07 Å². The number of fused-ring (bicyclic) bond motifs is 3. The number of methoxy groups -OCH3 is 1. The van der Waals surface area contributed by atoms with Crippen LogP contribution in [0.4, 0.5) is 0 Å². The molecule has 0 saturated carbocycles. The maximum atomic E-state index is 12.8. The number of hydrogen-bond donors (Lipinski definition) is 1. The van der Waals surface area contributed by atoms with Crippen LogP contribution in [0.15, 0.2) is 35.1 Å². The minimum absolute atomic E-state index is 0.0515. The van der Waals surface area contributed by atoms with Gasteiger partial charge in [-0.3, -0.25) is 14.3 Å². The molecule has 0 spiro atoms. The zero-order valence-corrected chi connectivity index (χ0v) is 15.4. The van der Waals surface area contributed by atoms with E-state index < -0.39 is 6.04 Å². The highest BCUT2D eigenvalue weighted by atomic mass is 16.5. The van der Waals surface area contributed by atoms with Crippen molar-refractivity contribution in [2.75, 3.05) is 20.3 Å². The van der Waals surface area contributed by atoms with Crippen LogP contribution >= 0.6 is 0 Å². The maximum Gasteiger partial charge on any atom is 0.273 e. The van der Waals surface area contributed by atoms with Crippen LogP contribution in [-0.4, -0.2) is 40.3 Å². The average Bonchev–Trinajstić information content (AvgIpc) is 2.94. The van der Waals surface area contributed by atoms with Gasteiger partial charge in [-0.05, 0) is 31.9 Å². The number of benzene rings is 1. The monoisotopic (exact) mass is 356 g/mol. The lowest BCUT2D eigenvalue weighted by molar-refractivity contribution is -0.124. The smallest absolute Gasteiger partial charge is 0.273 e. The molecule has 3 aromatic rings. The van der Waals surface area contributed by atoms with Crippen molar-refractivity contribution in [2.45, 2.75) is 32.7 Å². The van der Waals surface area contributed by atoms with E-state index in [2.05, 4.69) is 10.3 Å².